The quantitative estimate of drug-likeness (QED) is 0.521. The van der Waals surface area contributed by atoms with Crippen molar-refractivity contribution in [3.8, 4) is 39.9 Å². The predicted molar refractivity (Wildman–Crippen MR) is 115 cm³/mol. The van der Waals surface area contributed by atoms with E-state index in [0.29, 0.717) is 22.3 Å². The largest absolute Gasteiger partial charge is 0.493 e. The fourth-order valence-electron chi connectivity index (χ4n) is 3.28. The van der Waals surface area contributed by atoms with Crippen LogP contribution < -0.4 is 14.2 Å². The highest BCUT2D eigenvalue weighted by Gasteiger charge is 2.21. The Bertz CT molecular complexity index is 913. The number of benzene rings is 2. The van der Waals surface area contributed by atoms with E-state index < -0.39 is 0 Å². The molecule has 0 saturated heterocycles. The van der Waals surface area contributed by atoms with Crippen molar-refractivity contribution in [3.05, 3.63) is 42.5 Å². The molecular weight excluding hydrogens is 372 g/mol. The molecule has 0 aliphatic carbocycles. The van der Waals surface area contributed by atoms with E-state index in [4.69, 9.17) is 31.8 Å². The van der Waals surface area contributed by atoms with E-state index in [1.165, 1.54) is 0 Å². The molecule has 1 heterocycles. The molecule has 0 N–H and O–H groups in total. The van der Waals surface area contributed by atoms with Gasteiger partial charge in [0.25, 0.3) is 0 Å². The van der Waals surface area contributed by atoms with Crippen LogP contribution in [0.1, 0.15) is 19.8 Å². The third-order valence-electron chi connectivity index (χ3n) is 4.65. The molecule has 0 radical (unpaired) electrons. The van der Waals surface area contributed by atoms with E-state index in [1.54, 1.807) is 21.3 Å². The van der Waals surface area contributed by atoms with Crippen molar-refractivity contribution in [1.29, 1.82) is 0 Å². The molecule has 1 aromatic heterocycles. The standard InChI is InChI=1S/C22H26N2O3S/c1-5-6-12-24-19(22(28)23-21(24)15-10-8-7-9-11-15)16-13-17(25-2)20(27-4)18(14-16)26-3/h7-11,13-14,28H,5-6,12H2,1-4H3. The molecule has 3 rings (SSSR count). The van der Waals surface area contributed by atoms with Gasteiger partial charge in [0.1, 0.15) is 10.9 Å². The molecule has 2 aromatic carbocycles. The molecule has 28 heavy (non-hydrogen) atoms. The van der Waals surface area contributed by atoms with E-state index in [0.717, 1.165) is 42.0 Å². The van der Waals surface area contributed by atoms with Gasteiger partial charge in [-0.3, -0.25) is 0 Å². The molecule has 0 aliphatic rings. The highest BCUT2D eigenvalue weighted by atomic mass is 32.1. The zero-order chi connectivity index (χ0) is 20.1. The van der Waals surface area contributed by atoms with Crippen molar-refractivity contribution in [2.75, 3.05) is 21.3 Å². The fraction of sp³-hybridized carbons (Fsp3) is 0.318. The molecule has 0 amide bonds. The van der Waals surface area contributed by atoms with E-state index in [1.807, 2.05) is 30.3 Å². The molecular formula is C22H26N2O3S. The van der Waals surface area contributed by atoms with E-state index in [2.05, 4.69) is 23.6 Å². The molecule has 3 aromatic rings. The van der Waals surface area contributed by atoms with Crippen LogP contribution in [0.3, 0.4) is 0 Å². The van der Waals surface area contributed by atoms with Gasteiger partial charge in [0.2, 0.25) is 5.75 Å². The third kappa shape index (κ3) is 3.83. The maximum absolute atomic E-state index is 5.53. The summed E-state index contributed by atoms with van der Waals surface area (Å²) in [6, 6.07) is 14.1. The SMILES string of the molecule is CCCCn1c(-c2ccccc2)nc(S)c1-c1cc(OC)c(OC)c(OC)c1. The van der Waals surface area contributed by atoms with Gasteiger partial charge in [-0.05, 0) is 18.6 Å². The minimum atomic E-state index is 0.567. The monoisotopic (exact) mass is 398 g/mol. The van der Waals surface area contributed by atoms with Crippen LogP contribution in [0.15, 0.2) is 47.5 Å². The summed E-state index contributed by atoms with van der Waals surface area (Å²) >= 11 is 4.70. The van der Waals surface area contributed by atoms with Crippen LogP contribution in [0.25, 0.3) is 22.6 Å². The third-order valence-corrected chi connectivity index (χ3v) is 4.97. The minimum absolute atomic E-state index is 0.567. The van der Waals surface area contributed by atoms with Gasteiger partial charge in [0, 0.05) is 17.7 Å². The van der Waals surface area contributed by atoms with Gasteiger partial charge in [-0.1, -0.05) is 43.7 Å². The number of hydrogen-bond acceptors (Lipinski definition) is 5. The molecule has 0 bridgehead atoms. The van der Waals surface area contributed by atoms with Crippen molar-refractivity contribution in [1.82, 2.24) is 9.55 Å². The Balaban J connectivity index is 2.23. The van der Waals surface area contributed by atoms with Crippen LogP contribution >= 0.6 is 12.6 Å². The Kier molecular flexibility index (Phi) is 6.52. The average molecular weight is 399 g/mol. The molecule has 0 fully saturated rings. The van der Waals surface area contributed by atoms with Crippen LogP contribution in [0, 0.1) is 0 Å². The lowest BCUT2D eigenvalue weighted by Gasteiger charge is -2.16. The Labute approximate surface area is 171 Å². The first kappa shape index (κ1) is 20.1. The molecule has 0 spiro atoms. The number of rotatable bonds is 8. The number of thiol groups is 1. The summed E-state index contributed by atoms with van der Waals surface area (Å²) in [5, 5.41) is 0.671. The Morgan fingerprint density at radius 1 is 0.929 bits per heavy atom. The second-order valence-electron chi connectivity index (χ2n) is 6.39. The minimum Gasteiger partial charge on any atom is -0.493 e. The van der Waals surface area contributed by atoms with Crippen LogP contribution in [0.4, 0.5) is 0 Å². The summed E-state index contributed by atoms with van der Waals surface area (Å²) in [5.41, 5.74) is 2.92. The number of methoxy groups -OCH3 is 3. The lowest BCUT2D eigenvalue weighted by molar-refractivity contribution is 0.324. The van der Waals surface area contributed by atoms with E-state index >= 15 is 0 Å². The highest BCUT2D eigenvalue weighted by molar-refractivity contribution is 7.80. The first-order chi connectivity index (χ1) is 13.6. The number of unbranched alkanes of at least 4 members (excludes halogenated alkanes) is 1. The van der Waals surface area contributed by atoms with Gasteiger partial charge >= 0.3 is 0 Å². The van der Waals surface area contributed by atoms with Crippen molar-refractivity contribution >= 4 is 12.6 Å². The summed E-state index contributed by atoms with van der Waals surface area (Å²) < 4.78 is 18.7. The number of imidazole rings is 1. The molecule has 0 saturated carbocycles. The summed E-state index contributed by atoms with van der Waals surface area (Å²) in [6.07, 6.45) is 2.13. The van der Waals surface area contributed by atoms with Gasteiger partial charge < -0.3 is 18.8 Å². The maximum Gasteiger partial charge on any atom is 0.203 e. The highest BCUT2D eigenvalue weighted by Crippen LogP contribution is 2.43. The number of aromatic nitrogens is 2. The Morgan fingerprint density at radius 2 is 1.57 bits per heavy atom. The Hall–Kier alpha value is -2.60. The number of ether oxygens (including phenoxy) is 3. The topological polar surface area (TPSA) is 45.5 Å². The molecule has 0 atom stereocenters. The van der Waals surface area contributed by atoms with Crippen molar-refractivity contribution in [2.45, 2.75) is 31.3 Å². The van der Waals surface area contributed by atoms with Gasteiger partial charge in [0.15, 0.2) is 11.5 Å². The predicted octanol–water partition coefficient (Wildman–Crippen LogP) is 5.33. The van der Waals surface area contributed by atoms with Gasteiger partial charge in [-0.2, -0.15) is 0 Å². The number of nitrogens with zero attached hydrogens (tertiary/aromatic N) is 2. The molecule has 148 valence electrons. The number of hydrogen-bond donors (Lipinski definition) is 1. The zero-order valence-electron chi connectivity index (χ0n) is 16.7. The Morgan fingerprint density at radius 3 is 2.11 bits per heavy atom. The van der Waals surface area contributed by atoms with Crippen molar-refractivity contribution in [3.63, 3.8) is 0 Å². The molecule has 0 aliphatic heterocycles. The average Bonchev–Trinajstić information content (AvgIpc) is 3.07. The zero-order valence-corrected chi connectivity index (χ0v) is 17.6. The normalized spacial score (nSPS) is 10.8. The first-order valence-electron chi connectivity index (χ1n) is 9.29. The van der Waals surface area contributed by atoms with Crippen LogP contribution in [0.2, 0.25) is 0 Å². The van der Waals surface area contributed by atoms with Crippen LogP contribution in [0.5, 0.6) is 17.2 Å². The van der Waals surface area contributed by atoms with Gasteiger partial charge in [-0.25, -0.2) is 4.98 Å². The lowest BCUT2D eigenvalue weighted by atomic mass is 10.1. The van der Waals surface area contributed by atoms with Crippen LogP contribution in [-0.4, -0.2) is 30.9 Å². The van der Waals surface area contributed by atoms with E-state index in [9.17, 15) is 0 Å². The second-order valence-corrected chi connectivity index (χ2v) is 6.82. The van der Waals surface area contributed by atoms with E-state index in [-0.39, 0.29) is 0 Å². The smallest absolute Gasteiger partial charge is 0.203 e. The van der Waals surface area contributed by atoms with Gasteiger partial charge in [0.05, 0.1) is 27.0 Å². The fourth-order valence-corrected chi connectivity index (χ4v) is 3.63. The summed E-state index contributed by atoms with van der Waals surface area (Å²) in [6.45, 7) is 3.03. The summed E-state index contributed by atoms with van der Waals surface area (Å²) in [5.74, 6) is 2.68. The maximum atomic E-state index is 5.53. The molecule has 6 heteroatoms. The summed E-state index contributed by atoms with van der Waals surface area (Å²) in [4.78, 5) is 4.78. The summed E-state index contributed by atoms with van der Waals surface area (Å²) in [7, 11) is 4.84. The van der Waals surface area contributed by atoms with Crippen molar-refractivity contribution < 1.29 is 14.2 Å². The molecule has 5 nitrogen and oxygen atoms in total. The first-order valence-corrected chi connectivity index (χ1v) is 9.74. The molecule has 0 unspecified atom stereocenters. The second kappa shape index (κ2) is 9.06. The lowest BCUT2D eigenvalue weighted by Crippen LogP contribution is -2.04. The van der Waals surface area contributed by atoms with Crippen LogP contribution in [-0.2, 0) is 6.54 Å². The van der Waals surface area contributed by atoms with Crippen molar-refractivity contribution in [2.24, 2.45) is 0 Å². The van der Waals surface area contributed by atoms with Gasteiger partial charge in [-0.15, -0.1) is 12.6 Å².